The predicted octanol–water partition coefficient (Wildman–Crippen LogP) is 4.14. The summed E-state index contributed by atoms with van der Waals surface area (Å²) >= 11 is 0. The van der Waals surface area contributed by atoms with Crippen molar-refractivity contribution in [2.45, 2.75) is 101 Å². The molecule has 0 radical (unpaired) electrons. The standard InChI is InChI=1S/C25H32N4O6S/c1-14(2)33-25(30)29-17-5-6-18(29)12-19(11-17)34-23-15(3)24(27-13-26-23)35-21-9-10-22(28-16(21)4)36(31,32)20-7-8-20/h9-10,13-14,17-20H,5-8,11-12H2,1-4H3/t17-,18?,19?/m0/s1. The number of carbonyl (C=O) groups excluding carboxylic acids is 1. The first-order valence-corrected chi connectivity index (χ1v) is 14.0. The van der Waals surface area contributed by atoms with Gasteiger partial charge in [0.1, 0.15) is 12.4 Å². The normalized spacial score (nSPS) is 23.6. The van der Waals surface area contributed by atoms with E-state index < -0.39 is 9.84 Å². The van der Waals surface area contributed by atoms with Gasteiger partial charge in [-0.2, -0.15) is 0 Å². The van der Waals surface area contributed by atoms with Gasteiger partial charge in [-0.1, -0.05) is 0 Å². The summed E-state index contributed by atoms with van der Waals surface area (Å²) in [5.74, 6) is 1.18. The van der Waals surface area contributed by atoms with Gasteiger partial charge in [-0.15, -0.1) is 0 Å². The molecule has 11 heteroatoms. The molecule has 10 nitrogen and oxygen atoms in total. The average Bonchev–Trinajstić information content (AvgIpc) is 3.63. The lowest BCUT2D eigenvalue weighted by atomic mass is 10.0. The van der Waals surface area contributed by atoms with Crippen LogP contribution in [0.15, 0.2) is 23.5 Å². The summed E-state index contributed by atoms with van der Waals surface area (Å²) < 4.78 is 42.7. The predicted molar refractivity (Wildman–Crippen MR) is 130 cm³/mol. The van der Waals surface area contributed by atoms with E-state index in [9.17, 15) is 13.2 Å². The van der Waals surface area contributed by atoms with Crippen LogP contribution >= 0.6 is 0 Å². The van der Waals surface area contributed by atoms with E-state index in [4.69, 9.17) is 14.2 Å². The van der Waals surface area contributed by atoms with Crippen molar-refractivity contribution >= 4 is 15.9 Å². The minimum Gasteiger partial charge on any atom is -0.474 e. The SMILES string of the molecule is Cc1nc(S(=O)(=O)C2CC2)ccc1Oc1ncnc(OC2CC3CC[C@@H](C2)N3C(=O)OC(C)C)c1C. The van der Waals surface area contributed by atoms with Crippen molar-refractivity contribution in [2.24, 2.45) is 0 Å². The molecule has 0 aromatic carbocycles. The van der Waals surface area contributed by atoms with Gasteiger partial charge >= 0.3 is 6.09 Å². The molecular weight excluding hydrogens is 484 g/mol. The number of aryl methyl sites for hydroxylation is 1. The highest BCUT2D eigenvalue weighted by Gasteiger charge is 2.45. The minimum atomic E-state index is -3.37. The van der Waals surface area contributed by atoms with Crippen LogP contribution in [-0.2, 0) is 14.6 Å². The summed E-state index contributed by atoms with van der Waals surface area (Å²) in [6.07, 6.45) is 5.58. The number of piperidine rings is 1. The average molecular weight is 517 g/mol. The molecule has 5 rings (SSSR count). The third kappa shape index (κ3) is 4.85. The van der Waals surface area contributed by atoms with Gasteiger partial charge < -0.3 is 19.1 Å². The monoisotopic (exact) mass is 516 g/mol. The molecule has 4 heterocycles. The van der Waals surface area contributed by atoms with Gasteiger partial charge in [0.05, 0.1) is 22.6 Å². The molecule has 3 fully saturated rings. The second kappa shape index (κ2) is 9.49. The van der Waals surface area contributed by atoms with E-state index in [0.29, 0.717) is 54.5 Å². The Bertz CT molecular complexity index is 1250. The molecule has 1 saturated carbocycles. The molecule has 3 aliphatic rings. The molecule has 2 saturated heterocycles. The van der Waals surface area contributed by atoms with Gasteiger partial charge in [-0.05, 0) is 65.5 Å². The van der Waals surface area contributed by atoms with Crippen LogP contribution in [-0.4, -0.2) is 63.9 Å². The molecule has 2 aromatic heterocycles. The Morgan fingerprint density at radius 1 is 1.03 bits per heavy atom. The summed E-state index contributed by atoms with van der Waals surface area (Å²) in [4.78, 5) is 27.3. The maximum Gasteiger partial charge on any atom is 0.410 e. The number of hydrogen-bond acceptors (Lipinski definition) is 9. The maximum atomic E-state index is 12.5. The third-order valence-electron chi connectivity index (χ3n) is 6.98. The van der Waals surface area contributed by atoms with Crippen LogP contribution in [0.1, 0.15) is 63.6 Å². The lowest BCUT2D eigenvalue weighted by molar-refractivity contribution is 0.0206. The molecule has 2 bridgehead atoms. The maximum absolute atomic E-state index is 12.5. The van der Waals surface area contributed by atoms with Crippen LogP contribution in [0.4, 0.5) is 4.79 Å². The summed E-state index contributed by atoms with van der Waals surface area (Å²) in [5, 5.41) is -0.237. The number of ether oxygens (including phenoxy) is 3. The lowest BCUT2D eigenvalue weighted by Gasteiger charge is -2.38. The molecule has 194 valence electrons. The molecule has 2 aliphatic heterocycles. The van der Waals surface area contributed by atoms with Crippen LogP contribution in [0, 0.1) is 13.8 Å². The zero-order valence-electron chi connectivity index (χ0n) is 21.0. The zero-order valence-corrected chi connectivity index (χ0v) is 21.8. The summed E-state index contributed by atoms with van der Waals surface area (Å²) in [5.41, 5.74) is 1.11. The number of nitrogens with zero attached hydrogens (tertiary/aromatic N) is 4. The van der Waals surface area contributed by atoms with E-state index in [0.717, 1.165) is 12.8 Å². The first-order chi connectivity index (χ1) is 17.1. The van der Waals surface area contributed by atoms with E-state index in [1.54, 1.807) is 13.0 Å². The fourth-order valence-electron chi connectivity index (χ4n) is 5.03. The molecular formula is C25H32N4O6S. The fraction of sp³-hybridized carbons (Fsp3) is 0.600. The number of aromatic nitrogens is 3. The number of carbonyl (C=O) groups is 1. The highest BCUT2D eigenvalue weighted by molar-refractivity contribution is 7.92. The molecule has 3 atom stereocenters. The second-order valence-electron chi connectivity index (χ2n) is 10.1. The van der Waals surface area contributed by atoms with E-state index in [1.807, 2.05) is 25.7 Å². The first kappa shape index (κ1) is 24.7. The van der Waals surface area contributed by atoms with Crippen LogP contribution in [0.5, 0.6) is 17.5 Å². The van der Waals surface area contributed by atoms with Crippen LogP contribution in [0.25, 0.3) is 0 Å². The Morgan fingerprint density at radius 2 is 1.69 bits per heavy atom. The van der Waals surface area contributed by atoms with Crippen molar-refractivity contribution < 1.29 is 27.4 Å². The van der Waals surface area contributed by atoms with E-state index >= 15 is 0 Å². The van der Waals surface area contributed by atoms with Crippen molar-refractivity contribution in [2.75, 3.05) is 0 Å². The molecule has 0 spiro atoms. The Labute approximate surface area is 211 Å². The van der Waals surface area contributed by atoms with Crippen LogP contribution in [0.2, 0.25) is 0 Å². The van der Waals surface area contributed by atoms with Crippen LogP contribution in [0.3, 0.4) is 0 Å². The largest absolute Gasteiger partial charge is 0.474 e. The topological polar surface area (TPSA) is 121 Å². The Hall–Kier alpha value is -2.95. The number of amides is 1. The van der Waals surface area contributed by atoms with Gasteiger partial charge in [0.25, 0.3) is 0 Å². The fourth-order valence-corrected chi connectivity index (χ4v) is 6.65. The summed E-state index contributed by atoms with van der Waals surface area (Å²) in [7, 11) is -3.37. The number of rotatable bonds is 7. The van der Waals surface area contributed by atoms with Gasteiger partial charge in [0.15, 0.2) is 20.6 Å². The first-order valence-electron chi connectivity index (χ1n) is 12.5. The second-order valence-corrected chi connectivity index (χ2v) is 12.3. The zero-order chi connectivity index (χ0) is 25.6. The third-order valence-corrected chi connectivity index (χ3v) is 9.14. The van der Waals surface area contributed by atoms with E-state index in [-0.39, 0.29) is 40.7 Å². The smallest absolute Gasteiger partial charge is 0.410 e. The van der Waals surface area contributed by atoms with Gasteiger partial charge in [0.2, 0.25) is 11.8 Å². The molecule has 1 amide bonds. The number of sulfone groups is 1. The molecule has 2 unspecified atom stereocenters. The summed E-state index contributed by atoms with van der Waals surface area (Å²) in [6.45, 7) is 7.25. The summed E-state index contributed by atoms with van der Waals surface area (Å²) in [6, 6.07) is 3.29. The van der Waals surface area contributed by atoms with E-state index in [2.05, 4.69) is 15.0 Å². The van der Waals surface area contributed by atoms with Gasteiger partial charge in [0, 0.05) is 24.9 Å². The van der Waals surface area contributed by atoms with Crippen molar-refractivity contribution in [1.29, 1.82) is 0 Å². The Balaban J connectivity index is 1.27. The van der Waals surface area contributed by atoms with E-state index in [1.165, 1.54) is 12.4 Å². The lowest BCUT2D eigenvalue weighted by Crippen LogP contribution is -2.50. The van der Waals surface area contributed by atoms with Crippen molar-refractivity contribution in [3.05, 3.63) is 29.7 Å². The Morgan fingerprint density at radius 3 is 2.31 bits per heavy atom. The minimum absolute atomic E-state index is 0.0801. The molecule has 2 aromatic rings. The van der Waals surface area contributed by atoms with Crippen molar-refractivity contribution in [1.82, 2.24) is 19.9 Å². The number of pyridine rings is 1. The van der Waals surface area contributed by atoms with Crippen LogP contribution < -0.4 is 9.47 Å². The highest BCUT2D eigenvalue weighted by atomic mass is 32.2. The quantitative estimate of drug-likeness (QED) is 0.534. The van der Waals surface area contributed by atoms with Crippen molar-refractivity contribution in [3.63, 3.8) is 0 Å². The molecule has 36 heavy (non-hydrogen) atoms. The Kier molecular flexibility index (Phi) is 6.52. The van der Waals surface area contributed by atoms with Gasteiger partial charge in [-0.25, -0.2) is 28.2 Å². The number of fused-ring (bicyclic) bond motifs is 2. The van der Waals surface area contributed by atoms with Crippen molar-refractivity contribution in [3.8, 4) is 17.5 Å². The highest BCUT2D eigenvalue weighted by Crippen LogP contribution is 2.39. The molecule has 1 aliphatic carbocycles. The number of hydrogen-bond donors (Lipinski definition) is 0. The van der Waals surface area contributed by atoms with Gasteiger partial charge in [-0.3, -0.25) is 0 Å². The molecule has 0 N–H and O–H groups in total.